The smallest absolute Gasteiger partial charge is 0.255 e. The highest BCUT2D eigenvalue weighted by Gasteiger charge is 2.27. The molecule has 216 valence electrons. The Hall–Kier alpha value is -5.44. The number of hydrogen-bond donors (Lipinski definition) is 5. The molecule has 9 heteroatoms. The number of aromatic nitrogens is 2. The van der Waals surface area contributed by atoms with Crippen molar-refractivity contribution in [1.29, 1.82) is 0 Å². The van der Waals surface area contributed by atoms with Gasteiger partial charge in [0.1, 0.15) is 11.6 Å². The molecule has 1 aliphatic rings. The number of halogens is 1. The van der Waals surface area contributed by atoms with E-state index in [9.17, 15) is 19.1 Å². The molecule has 0 radical (unpaired) electrons. The Morgan fingerprint density at radius 3 is 2.56 bits per heavy atom. The average molecular weight is 576 g/mol. The number of rotatable bonds is 9. The SMILES string of the molecule is O=C(NC[C@H](Cc1cc(-c2[nH]c3c(c2Nc2ccccc2)C(=O)NCC3)ccn1)c1ccc(F)cc1)c1ccccc1O. The van der Waals surface area contributed by atoms with Crippen LogP contribution < -0.4 is 16.0 Å². The minimum absolute atomic E-state index is 0.102. The number of aromatic hydroxyl groups is 1. The van der Waals surface area contributed by atoms with Crippen LogP contribution in [-0.4, -0.2) is 40.0 Å². The van der Waals surface area contributed by atoms with E-state index in [2.05, 4.69) is 25.9 Å². The van der Waals surface area contributed by atoms with Gasteiger partial charge in [-0.1, -0.05) is 42.5 Å². The van der Waals surface area contributed by atoms with E-state index in [0.29, 0.717) is 30.6 Å². The van der Waals surface area contributed by atoms with Crippen LogP contribution in [0.5, 0.6) is 5.75 Å². The van der Waals surface area contributed by atoms with Crippen LogP contribution in [0.15, 0.2) is 97.2 Å². The number of para-hydroxylation sites is 2. The van der Waals surface area contributed by atoms with Crippen molar-refractivity contribution in [2.45, 2.75) is 18.8 Å². The number of pyridine rings is 1. The van der Waals surface area contributed by atoms with Gasteiger partial charge in [-0.2, -0.15) is 0 Å². The van der Waals surface area contributed by atoms with Gasteiger partial charge in [-0.05, 0) is 60.5 Å². The predicted molar refractivity (Wildman–Crippen MR) is 163 cm³/mol. The van der Waals surface area contributed by atoms with Crippen molar-refractivity contribution >= 4 is 23.2 Å². The normalized spacial score (nSPS) is 13.1. The lowest BCUT2D eigenvalue weighted by Crippen LogP contribution is -2.31. The molecule has 6 rings (SSSR count). The van der Waals surface area contributed by atoms with E-state index in [1.807, 2.05) is 42.5 Å². The van der Waals surface area contributed by atoms with Gasteiger partial charge in [0, 0.05) is 54.3 Å². The van der Waals surface area contributed by atoms with Crippen molar-refractivity contribution < 1.29 is 19.1 Å². The molecule has 0 fully saturated rings. The maximum Gasteiger partial charge on any atom is 0.255 e. The fraction of sp³-hybridized carbons (Fsp3) is 0.147. The molecule has 5 aromatic rings. The standard InChI is InChI=1S/C34H30FN5O3/c35-24-12-10-21(11-13-24)23(20-38-33(42)27-8-4-5-9-29(27)41)19-26-18-22(14-16-36-26)31-32(39-25-6-2-1-3-7-25)30-28(40-31)15-17-37-34(30)43/h1-14,16,18,23,39-41H,15,17,19-20H2,(H,37,43)(H,38,42)/t23-/m0/s1. The number of hydrogen-bond acceptors (Lipinski definition) is 5. The van der Waals surface area contributed by atoms with Gasteiger partial charge in [0.15, 0.2) is 0 Å². The monoisotopic (exact) mass is 575 g/mol. The van der Waals surface area contributed by atoms with Gasteiger partial charge in [-0.3, -0.25) is 14.6 Å². The minimum Gasteiger partial charge on any atom is -0.507 e. The fourth-order valence-electron chi connectivity index (χ4n) is 5.40. The average Bonchev–Trinajstić information content (AvgIpc) is 3.40. The first kappa shape index (κ1) is 27.7. The summed E-state index contributed by atoms with van der Waals surface area (Å²) in [6, 6.07) is 26.1. The van der Waals surface area contributed by atoms with E-state index in [0.717, 1.165) is 33.9 Å². The highest BCUT2D eigenvalue weighted by Crippen LogP contribution is 2.37. The van der Waals surface area contributed by atoms with Crippen molar-refractivity contribution in [3.63, 3.8) is 0 Å². The van der Waals surface area contributed by atoms with E-state index in [1.54, 1.807) is 36.5 Å². The highest BCUT2D eigenvalue weighted by atomic mass is 19.1. The van der Waals surface area contributed by atoms with E-state index >= 15 is 0 Å². The van der Waals surface area contributed by atoms with Gasteiger partial charge in [-0.25, -0.2) is 4.39 Å². The van der Waals surface area contributed by atoms with Crippen LogP contribution in [0.25, 0.3) is 11.3 Å². The number of aromatic amines is 1. The molecule has 1 aliphatic heterocycles. The summed E-state index contributed by atoms with van der Waals surface area (Å²) in [7, 11) is 0. The first-order valence-electron chi connectivity index (χ1n) is 14.1. The molecule has 43 heavy (non-hydrogen) atoms. The van der Waals surface area contributed by atoms with E-state index < -0.39 is 5.91 Å². The molecule has 5 N–H and O–H groups in total. The fourth-order valence-corrected chi connectivity index (χ4v) is 5.40. The van der Waals surface area contributed by atoms with Crippen LogP contribution >= 0.6 is 0 Å². The van der Waals surface area contributed by atoms with E-state index in [4.69, 9.17) is 0 Å². The second-order valence-corrected chi connectivity index (χ2v) is 10.4. The molecule has 1 atom stereocenters. The first-order chi connectivity index (χ1) is 21.0. The van der Waals surface area contributed by atoms with Crippen LogP contribution in [0, 0.1) is 5.82 Å². The van der Waals surface area contributed by atoms with Crippen molar-refractivity contribution in [2.75, 3.05) is 18.4 Å². The molecular formula is C34H30FN5O3. The number of phenols is 1. The molecule has 0 saturated heterocycles. The molecule has 3 aromatic carbocycles. The lowest BCUT2D eigenvalue weighted by Gasteiger charge is -2.19. The van der Waals surface area contributed by atoms with Crippen molar-refractivity contribution in [2.24, 2.45) is 0 Å². The summed E-state index contributed by atoms with van der Waals surface area (Å²) in [6.45, 7) is 0.798. The number of benzene rings is 3. The van der Waals surface area contributed by atoms with Gasteiger partial charge < -0.3 is 26.0 Å². The summed E-state index contributed by atoms with van der Waals surface area (Å²) in [5.41, 5.74) is 6.42. The Balaban J connectivity index is 1.31. The molecule has 8 nitrogen and oxygen atoms in total. The van der Waals surface area contributed by atoms with Crippen molar-refractivity contribution in [1.82, 2.24) is 20.6 Å². The molecule has 0 unspecified atom stereocenters. The second-order valence-electron chi connectivity index (χ2n) is 10.4. The van der Waals surface area contributed by atoms with Crippen LogP contribution in [0.1, 0.15) is 43.6 Å². The van der Waals surface area contributed by atoms with Crippen molar-refractivity contribution in [3.05, 3.63) is 131 Å². The predicted octanol–water partition coefficient (Wildman–Crippen LogP) is 5.71. The Morgan fingerprint density at radius 2 is 1.77 bits per heavy atom. The maximum absolute atomic E-state index is 13.8. The molecular weight excluding hydrogens is 545 g/mol. The summed E-state index contributed by atoms with van der Waals surface area (Å²) in [6.07, 6.45) is 2.86. The van der Waals surface area contributed by atoms with Gasteiger partial charge >= 0.3 is 0 Å². The third kappa shape index (κ3) is 6.11. The summed E-state index contributed by atoms with van der Waals surface area (Å²) in [4.78, 5) is 33.9. The molecule has 0 aliphatic carbocycles. The Labute approximate surface area is 248 Å². The number of phenolic OH excluding ortho intramolecular Hbond substituents is 1. The lowest BCUT2D eigenvalue weighted by atomic mass is 9.93. The van der Waals surface area contributed by atoms with Gasteiger partial charge in [0.05, 0.1) is 22.5 Å². The van der Waals surface area contributed by atoms with Crippen LogP contribution in [0.3, 0.4) is 0 Å². The van der Waals surface area contributed by atoms with E-state index in [1.165, 1.54) is 18.2 Å². The van der Waals surface area contributed by atoms with Crippen LogP contribution in [0.4, 0.5) is 15.8 Å². The van der Waals surface area contributed by atoms with Gasteiger partial charge in [-0.15, -0.1) is 0 Å². The lowest BCUT2D eigenvalue weighted by molar-refractivity contribution is 0.0939. The van der Waals surface area contributed by atoms with Gasteiger partial charge in [0.25, 0.3) is 11.8 Å². The molecule has 0 saturated carbocycles. The minimum atomic E-state index is -0.404. The van der Waals surface area contributed by atoms with Gasteiger partial charge in [0.2, 0.25) is 0 Å². The number of fused-ring (bicyclic) bond motifs is 1. The largest absolute Gasteiger partial charge is 0.507 e. The van der Waals surface area contributed by atoms with Crippen LogP contribution in [-0.2, 0) is 12.8 Å². The van der Waals surface area contributed by atoms with Crippen LogP contribution in [0.2, 0.25) is 0 Å². The highest BCUT2D eigenvalue weighted by molar-refractivity contribution is 6.06. The number of nitrogens with zero attached hydrogens (tertiary/aromatic N) is 1. The number of carbonyl (C=O) groups excluding carboxylic acids is 2. The summed E-state index contributed by atoms with van der Waals surface area (Å²) < 4.78 is 13.8. The zero-order chi connectivity index (χ0) is 29.8. The number of carbonyl (C=O) groups is 2. The molecule has 0 spiro atoms. The number of H-pyrrole nitrogens is 1. The topological polar surface area (TPSA) is 119 Å². The Morgan fingerprint density at radius 1 is 1.00 bits per heavy atom. The Kier molecular flexibility index (Phi) is 7.86. The zero-order valence-electron chi connectivity index (χ0n) is 23.2. The maximum atomic E-state index is 13.8. The molecule has 3 heterocycles. The second kappa shape index (κ2) is 12.2. The molecule has 2 amide bonds. The number of nitrogens with one attached hydrogen (secondary N) is 4. The zero-order valence-corrected chi connectivity index (χ0v) is 23.2. The number of anilines is 2. The first-order valence-corrected chi connectivity index (χ1v) is 14.1. The summed E-state index contributed by atoms with van der Waals surface area (Å²) in [5, 5.41) is 19.4. The quantitative estimate of drug-likeness (QED) is 0.154. The third-order valence-corrected chi connectivity index (χ3v) is 7.57. The Bertz CT molecular complexity index is 1770. The molecule has 2 aromatic heterocycles. The number of amides is 2. The van der Waals surface area contributed by atoms with Crippen molar-refractivity contribution in [3.8, 4) is 17.0 Å². The third-order valence-electron chi connectivity index (χ3n) is 7.57. The summed E-state index contributed by atoms with van der Waals surface area (Å²) >= 11 is 0. The molecule has 0 bridgehead atoms. The van der Waals surface area contributed by atoms with E-state index in [-0.39, 0.29) is 35.5 Å². The summed E-state index contributed by atoms with van der Waals surface area (Å²) in [5.74, 6) is -1.22.